The second kappa shape index (κ2) is 4.39. The molecular weight excluding hydrogens is 238 g/mol. The van der Waals surface area contributed by atoms with Gasteiger partial charge in [-0.1, -0.05) is 25.1 Å². The van der Waals surface area contributed by atoms with Crippen molar-refractivity contribution in [1.29, 1.82) is 0 Å². The molecule has 2 N–H and O–H groups in total. The third kappa shape index (κ3) is 1.85. The molecule has 0 saturated carbocycles. The number of pyridine rings is 1. The van der Waals surface area contributed by atoms with Crippen molar-refractivity contribution in [1.82, 2.24) is 4.98 Å². The Balaban J connectivity index is 2.15. The Morgan fingerprint density at radius 2 is 2.00 bits per heavy atom. The van der Waals surface area contributed by atoms with Crippen molar-refractivity contribution in [2.45, 2.75) is 19.8 Å². The van der Waals surface area contributed by atoms with Gasteiger partial charge < -0.3 is 5.73 Å². The van der Waals surface area contributed by atoms with Crippen LogP contribution in [0.4, 0.5) is 17.2 Å². The predicted molar refractivity (Wildman–Crippen MR) is 75.3 cm³/mol. The van der Waals surface area contributed by atoms with Gasteiger partial charge in [0.15, 0.2) is 0 Å². The van der Waals surface area contributed by atoms with Gasteiger partial charge in [-0.15, -0.1) is 0 Å². The lowest BCUT2D eigenvalue weighted by molar-refractivity contribution is -0.116. The number of benzene rings is 1. The van der Waals surface area contributed by atoms with Gasteiger partial charge in [0.25, 0.3) is 0 Å². The zero-order valence-corrected chi connectivity index (χ0v) is 10.8. The number of rotatable bonds is 2. The molecule has 1 aromatic carbocycles. The number of para-hydroxylation sites is 1. The van der Waals surface area contributed by atoms with Crippen LogP contribution in [-0.2, 0) is 17.6 Å². The summed E-state index contributed by atoms with van der Waals surface area (Å²) in [6.07, 6.45) is 1.19. The van der Waals surface area contributed by atoms with Crippen LogP contribution in [0.1, 0.15) is 18.2 Å². The summed E-state index contributed by atoms with van der Waals surface area (Å²) < 4.78 is 0. The second-order valence-corrected chi connectivity index (χ2v) is 4.59. The van der Waals surface area contributed by atoms with Crippen LogP contribution in [0.5, 0.6) is 0 Å². The molecule has 0 spiro atoms. The number of nitrogens with zero attached hydrogens (tertiary/aromatic N) is 2. The number of hydrogen-bond donors (Lipinski definition) is 1. The van der Waals surface area contributed by atoms with Crippen molar-refractivity contribution in [3.63, 3.8) is 0 Å². The van der Waals surface area contributed by atoms with Crippen molar-refractivity contribution in [2.24, 2.45) is 0 Å². The lowest BCUT2D eigenvalue weighted by atomic mass is 10.1. The summed E-state index contributed by atoms with van der Waals surface area (Å²) >= 11 is 0. The number of nitrogen functional groups attached to an aromatic ring is 1. The maximum absolute atomic E-state index is 12.3. The summed E-state index contributed by atoms with van der Waals surface area (Å²) in [5.41, 5.74) is 9.42. The number of carbonyl (C=O) groups is 1. The first kappa shape index (κ1) is 11.7. The van der Waals surface area contributed by atoms with Crippen LogP contribution in [0, 0.1) is 0 Å². The van der Waals surface area contributed by atoms with Gasteiger partial charge in [0.2, 0.25) is 5.91 Å². The van der Waals surface area contributed by atoms with Crippen LogP contribution in [-0.4, -0.2) is 10.9 Å². The fourth-order valence-corrected chi connectivity index (χ4v) is 2.49. The molecule has 0 aliphatic carbocycles. The first-order valence-electron chi connectivity index (χ1n) is 6.37. The van der Waals surface area contributed by atoms with Crippen molar-refractivity contribution < 1.29 is 4.79 Å². The summed E-state index contributed by atoms with van der Waals surface area (Å²) in [7, 11) is 0. The van der Waals surface area contributed by atoms with Crippen LogP contribution >= 0.6 is 0 Å². The average Bonchev–Trinajstić information content (AvgIpc) is 2.74. The Kier molecular flexibility index (Phi) is 2.71. The number of aryl methyl sites for hydroxylation is 1. The monoisotopic (exact) mass is 253 g/mol. The Morgan fingerprint density at radius 1 is 1.21 bits per heavy atom. The molecule has 0 saturated heterocycles. The molecule has 1 aliphatic heterocycles. The summed E-state index contributed by atoms with van der Waals surface area (Å²) in [6, 6.07) is 11.5. The number of fused-ring (bicyclic) bond motifs is 1. The normalized spacial score (nSPS) is 13.7. The Labute approximate surface area is 111 Å². The minimum absolute atomic E-state index is 0.0856. The maximum Gasteiger partial charge on any atom is 0.236 e. The predicted octanol–water partition coefficient (Wildman–Crippen LogP) is 2.45. The molecule has 2 heterocycles. The number of nitrogens with two attached hydrogens (primary N) is 1. The Morgan fingerprint density at radius 3 is 2.79 bits per heavy atom. The standard InChI is InChI=1S/C15H15N3O/c1-2-11-13(7-8-14(16)17-11)18-12-6-4-3-5-10(12)9-15(18)19/h3-8H,2,9H2,1H3,(H2,16,17). The minimum Gasteiger partial charge on any atom is -0.384 e. The van der Waals surface area contributed by atoms with Gasteiger partial charge in [-0.2, -0.15) is 0 Å². The minimum atomic E-state index is 0.0856. The van der Waals surface area contributed by atoms with E-state index in [2.05, 4.69) is 4.98 Å². The maximum atomic E-state index is 12.3. The number of carbonyl (C=O) groups excluding carboxylic acids is 1. The van der Waals surface area contributed by atoms with E-state index < -0.39 is 0 Å². The lowest BCUT2D eigenvalue weighted by Crippen LogP contribution is -2.22. The van der Waals surface area contributed by atoms with E-state index in [1.54, 1.807) is 11.0 Å². The Bertz CT molecular complexity index is 652. The van der Waals surface area contributed by atoms with Crippen LogP contribution in [0.25, 0.3) is 0 Å². The zero-order chi connectivity index (χ0) is 13.4. The highest BCUT2D eigenvalue weighted by Crippen LogP contribution is 2.36. The Hall–Kier alpha value is -2.36. The van der Waals surface area contributed by atoms with Crippen molar-refractivity contribution >= 4 is 23.1 Å². The summed E-state index contributed by atoms with van der Waals surface area (Å²) in [4.78, 5) is 18.3. The summed E-state index contributed by atoms with van der Waals surface area (Å²) in [5.74, 6) is 0.572. The van der Waals surface area contributed by atoms with Gasteiger partial charge in [-0.25, -0.2) is 4.98 Å². The number of amides is 1. The van der Waals surface area contributed by atoms with E-state index in [-0.39, 0.29) is 5.91 Å². The molecule has 0 radical (unpaired) electrons. The number of aromatic nitrogens is 1. The molecule has 2 aromatic rings. The van der Waals surface area contributed by atoms with Crippen molar-refractivity contribution in [3.05, 3.63) is 47.7 Å². The van der Waals surface area contributed by atoms with E-state index in [0.717, 1.165) is 29.1 Å². The van der Waals surface area contributed by atoms with E-state index in [1.165, 1.54) is 0 Å². The molecule has 4 heteroatoms. The number of anilines is 3. The summed E-state index contributed by atoms with van der Waals surface area (Å²) in [6.45, 7) is 2.01. The first-order valence-corrected chi connectivity index (χ1v) is 6.37. The molecule has 0 unspecified atom stereocenters. The molecule has 0 fully saturated rings. The molecular formula is C15H15N3O. The van der Waals surface area contributed by atoms with Crippen LogP contribution < -0.4 is 10.6 Å². The lowest BCUT2D eigenvalue weighted by Gasteiger charge is -2.20. The number of hydrogen-bond acceptors (Lipinski definition) is 3. The highest BCUT2D eigenvalue weighted by Gasteiger charge is 2.29. The van der Waals surface area contributed by atoms with E-state index in [0.29, 0.717) is 12.2 Å². The highest BCUT2D eigenvalue weighted by atomic mass is 16.2. The smallest absolute Gasteiger partial charge is 0.236 e. The van der Waals surface area contributed by atoms with Gasteiger partial charge in [0, 0.05) is 0 Å². The fourth-order valence-electron chi connectivity index (χ4n) is 2.49. The topological polar surface area (TPSA) is 59.2 Å². The third-order valence-electron chi connectivity index (χ3n) is 3.37. The van der Waals surface area contributed by atoms with Crippen LogP contribution in [0.2, 0.25) is 0 Å². The van der Waals surface area contributed by atoms with E-state index in [9.17, 15) is 4.79 Å². The molecule has 0 bridgehead atoms. The van der Waals surface area contributed by atoms with E-state index in [1.807, 2.05) is 37.3 Å². The van der Waals surface area contributed by atoms with Crippen molar-refractivity contribution in [2.75, 3.05) is 10.6 Å². The molecule has 0 atom stereocenters. The van der Waals surface area contributed by atoms with Gasteiger partial charge in [-0.05, 0) is 30.2 Å². The highest BCUT2D eigenvalue weighted by molar-refractivity contribution is 6.07. The van der Waals surface area contributed by atoms with Gasteiger partial charge in [0.05, 0.1) is 23.5 Å². The average molecular weight is 253 g/mol. The van der Waals surface area contributed by atoms with Crippen LogP contribution in [0.3, 0.4) is 0 Å². The largest absolute Gasteiger partial charge is 0.384 e. The molecule has 4 nitrogen and oxygen atoms in total. The summed E-state index contributed by atoms with van der Waals surface area (Å²) in [5, 5.41) is 0. The molecule has 3 rings (SSSR count). The van der Waals surface area contributed by atoms with E-state index in [4.69, 9.17) is 5.73 Å². The molecule has 19 heavy (non-hydrogen) atoms. The second-order valence-electron chi connectivity index (χ2n) is 4.59. The quantitative estimate of drug-likeness (QED) is 0.894. The molecule has 1 aliphatic rings. The van der Waals surface area contributed by atoms with Gasteiger partial charge in [-0.3, -0.25) is 9.69 Å². The third-order valence-corrected chi connectivity index (χ3v) is 3.37. The SMILES string of the molecule is CCc1nc(N)ccc1N1C(=O)Cc2ccccc21. The van der Waals surface area contributed by atoms with Gasteiger partial charge >= 0.3 is 0 Å². The molecule has 96 valence electrons. The van der Waals surface area contributed by atoms with Crippen LogP contribution in [0.15, 0.2) is 36.4 Å². The van der Waals surface area contributed by atoms with Crippen molar-refractivity contribution in [3.8, 4) is 0 Å². The fraction of sp³-hybridized carbons (Fsp3) is 0.200. The van der Waals surface area contributed by atoms with E-state index >= 15 is 0 Å². The van der Waals surface area contributed by atoms with Gasteiger partial charge in [0.1, 0.15) is 5.82 Å². The first-order chi connectivity index (χ1) is 9.20. The zero-order valence-electron chi connectivity index (χ0n) is 10.8. The molecule has 1 aromatic heterocycles. The molecule has 1 amide bonds.